The first kappa shape index (κ1) is 26.7. The lowest BCUT2D eigenvalue weighted by atomic mass is 9.80. The smallest absolute Gasteiger partial charge is 0.240 e. The fourth-order valence-electron chi connectivity index (χ4n) is 3.77. The number of sulfonamides is 1. The molecule has 1 saturated heterocycles. The maximum Gasteiger partial charge on any atom is 0.240 e. The van der Waals surface area contributed by atoms with Gasteiger partial charge in [0.25, 0.3) is 0 Å². The number of benzene rings is 1. The summed E-state index contributed by atoms with van der Waals surface area (Å²) >= 11 is 0. The Morgan fingerprint density at radius 1 is 1.23 bits per heavy atom. The van der Waals surface area contributed by atoms with Gasteiger partial charge in [0, 0.05) is 25.3 Å². The standard InChI is InChI=1S/C23H28N4O7S/c1-15-20(13-24)22(29)19(8-11-33-12-9-28)23(30)21(15)27-26-16-4-6-18(7-5-16)35(31,32)25-14-17-3-2-10-34-17/h4-7,17,19,25-26,28H,2-3,8-12,14H2,1H3. The number of nitriles is 1. The summed E-state index contributed by atoms with van der Waals surface area (Å²) in [4.78, 5) is 25.6. The van der Waals surface area contributed by atoms with Gasteiger partial charge >= 0.3 is 0 Å². The number of nitrogens with one attached hydrogen (secondary N) is 2. The number of ether oxygens (including phenoxy) is 2. The molecule has 188 valence electrons. The predicted octanol–water partition coefficient (Wildman–Crippen LogP) is 0.919. The molecule has 1 fully saturated rings. The molecule has 12 heteroatoms. The summed E-state index contributed by atoms with van der Waals surface area (Å²) in [5.41, 5.74) is 3.08. The van der Waals surface area contributed by atoms with Crippen molar-refractivity contribution in [2.24, 2.45) is 11.0 Å². The quantitative estimate of drug-likeness (QED) is 0.225. The Kier molecular flexibility index (Phi) is 9.25. The van der Waals surface area contributed by atoms with E-state index in [2.05, 4.69) is 15.2 Å². The molecule has 1 heterocycles. The van der Waals surface area contributed by atoms with E-state index in [-0.39, 0.29) is 60.6 Å². The van der Waals surface area contributed by atoms with E-state index >= 15 is 0 Å². The molecule has 2 aliphatic rings. The van der Waals surface area contributed by atoms with Gasteiger partial charge in [0.2, 0.25) is 10.0 Å². The SMILES string of the molecule is CC1=C(C#N)C(=O)C(CCOCCO)C(=O)C1=NNc1ccc(S(=O)(=O)NCC2CCCO2)cc1. The number of carbonyl (C=O) groups excluding carboxylic acids is 2. The van der Waals surface area contributed by atoms with Crippen molar-refractivity contribution in [2.75, 3.05) is 38.4 Å². The minimum Gasteiger partial charge on any atom is -0.394 e. The average molecular weight is 505 g/mol. The molecule has 0 saturated carbocycles. The third-order valence-corrected chi connectivity index (χ3v) is 7.17. The van der Waals surface area contributed by atoms with Crippen LogP contribution in [-0.2, 0) is 29.1 Å². The van der Waals surface area contributed by atoms with E-state index in [0.29, 0.717) is 12.3 Å². The number of hydrazone groups is 1. The Morgan fingerprint density at radius 2 is 1.97 bits per heavy atom. The zero-order chi connectivity index (χ0) is 25.4. The van der Waals surface area contributed by atoms with Crippen molar-refractivity contribution >= 4 is 33.0 Å². The largest absolute Gasteiger partial charge is 0.394 e. The number of hydrogen-bond acceptors (Lipinski definition) is 10. The van der Waals surface area contributed by atoms with E-state index in [1.54, 1.807) is 0 Å². The summed E-state index contributed by atoms with van der Waals surface area (Å²) in [5, 5.41) is 22.3. The van der Waals surface area contributed by atoms with Crippen LogP contribution in [0, 0.1) is 17.2 Å². The Bertz CT molecular complexity index is 1150. The third kappa shape index (κ3) is 6.59. The molecular formula is C23H28N4O7S. The average Bonchev–Trinajstić information content (AvgIpc) is 3.37. The van der Waals surface area contributed by atoms with Crippen molar-refractivity contribution in [1.29, 1.82) is 5.26 Å². The third-order valence-electron chi connectivity index (χ3n) is 5.73. The number of Topliss-reactive ketones (excluding diaryl/α,β-unsaturated/α-hetero) is 2. The summed E-state index contributed by atoms with van der Waals surface area (Å²) in [7, 11) is -3.71. The lowest BCUT2D eigenvalue weighted by Gasteiger charge is -2.22. The number of aliphatic hydroxyl groups is 1. The van der Waals surface area contributed by atoms with Crippen molar-refractivity contribution in [1.82, 2.24) is 4.72 Å². The number of ketones is 2. The summed E-state index contributed by atoms with van der Waals surface area (Å²) in [5.74, 6) is -2.22. The first-order valence-electron chi connectivity index (χ1n) is 11.2. The number of aliphatic hydroxyl groups excluding tert-OH is 1. The molecule has 1 aromatic carbocycles. The summed E-state index contributed by atoms with van der Waals surface area (Å²) in [6, 6.07) is 7.63. The fourth-order valence-corrected chi connectivity index (χ4v) is 4.84. The van der Waals surface area contributed by atoms with Gasteiger partial charge in [-0.05, 0) is 50.5 Å². The van der Waals surface area contributed by atoms with E-state index in [0.717, 1.165) is 12.8 Å². The molecule has 0 bridgehead atoms. The Hall–Kier alpha value is -2.95. The van der Waals surface area contributed by atoms with Crippen LogP contribution >= 0.6 is 0 Å². The Labute approximate surface area is 203 Å². The van der Waals surface area contributed by atoms with Crippen LogP contribution in [0.2, 0.25) is 0 Å². The van der Waals surface area contributed by atoms with Gasteiger partial charge in [0.05, 0.1) is 35.8 Å². The number of rotatable bonds is 11. The lowest BCUT2D eigenvalue weighted by Crippen LogP contribution is -2.38. The van der Waals surface area contributed by atoms with Crippen molar-refractivity contribution < 1.29 is 32.6 Å². The van der Waals surface area contributed by atoms with Crippen LogP contribution in [0.25, 0.3) is 0 Å². The highest BCUT2D eigenvalue weighted by molar-refractivity contribution is 7.89. The second kappa shape index (κ2) is 12.1. The number of allylic oxidation sites excluding steroid dienone is 2. The van der Waals surface area contributed by atoms with Crippen LogP contribution in [0.4, 0.5) is 5.69 Å². The number of carbonyl (C=O) groups is 2. The van der Waals surface area contributed by atoms with Crippen LogP contribution in [0.5, 0.6) is 0 Å². The van der Waals surface area contributed by atoms with Crippen LogP contribution in [-0.4, -0.2) is 69.9 Å². The zero-order valence-electron chi connectivity index (χ0n) is 19.3. The zero-order valence-corrected chi connectivity index (χ0v) is 20.1. The lowest BCUT2D eigenvalue weighted by molar-refractivity contribution is -0.128. The first-order chi connectivity index (χ1) is 16.8. The molecule has 2 unspecified atom stereocenters. The molecule has 0 aromatic heterocycles. The molecule has 1 aliphatic heterocycles. The number of anilines is 1. The summed E-state index contributed by atoms with van der Waals surface area (Å²) in [6.45, 7) is 2.27. The maximum absolute atomic E-state index is 12.9. The molecule has 2 atom stereocenters. The van der Waals surface area contributed by atoms with Crippen molar-refractivity contribution in [3.8, 4) is 6.07 Å². The van der Waals surface area contributed by atoms with Crippen molar-refractivity contribution in [3.63, 3.8) is 0 Å². The topological polar surface area (TPSA) is 167 Å². The fraction of sp³-hybridized carbons (Fsp3) is 0.478. The van der Waals surface area contributed by atoms with Crippen LogP contribution in [0.15, 0.2) is 45.4 Å². The van der Waals surface area contributed by atoms with E-state index in [1.807, 2.05) is 6.07 Å². The molecule has 1 aromatic rings. The Balaban J connectivity index is 1.71. The molecule has 0 radical (unpaired) electrons. The molecule has 3 N–H and O–H groups in total. The normalized spacial score (nSPS) is 22.0. The van der Waals surface area contributed by atoms with Crippen molar-refractivity contribution in [3.05, 3.63) is 35.4 Å². The van der Waals surface area contributed by atoms with Crippen molar-refractivity contribution in [2.45, 2.75) is 37.2 Å². The molecule has 11 nitrogen and oxygen atoms in total. The number of hydrogen-bond donors (Lipinski definition) is 3. The van der Waals surface area contributed by atoms with Gasteiger partial charge in [-0.3, -0.25) is 15.0 Å². The maximum atomic E-state index is 12.9. The van der Waals surface area contributed by atoms with Gasteiger partial charge < -0.3 is 14.6 Å². The van der Waals surface area contributed by atoms with Crippen LogP contribution in [0.1, 0.15) is 26.2 Å². The molecule has 35 heavy (non-hydrogen) atoms. The minimum atomic E-state index is -3.71. The van der Waals surface area contributed by atoms with E-state index in [1.165, 1.54) is 31.2 Å². The second-order valence-electron chi connectivity index (χ2n) is 8.10. The molecule has 0 spiro atoms. The van der Waals surface area contributed by atoms with E-state index in [4.69, 9.17) is 14.6 Å². The summed E-state index contributed by atoms with van der Waals surface area (Å²) in [6.07, 6.45) is 1.66. The monoisotopic (exact) mass is 504 g/mol. The van der Waals surface area contributed by atoms with E-state index in [9.17, 15) is 23.3 Å². The first-order valence-corrected chi connectivity index (χ1v) is 12.7. The molecular weight excluding hydrogens is 476 g/mol. The second-order valence-corrected chi connectivity index (χ2v) is 9.87. The van der Waals surface area contributed by atoms with E-state index < -0.39 is 27.5 Å². The Morgan fingerprint density at radius 3 is 2.60 bits per heavy atom. The van der Waals surface area contributed by atoms with Crippen LogP contribution in [0.3, 0.4) is 0 Å². The van der Waals surface area contributed by atoms with Gasteiger partial charge in [-0.2, -0.15) is 10.4 Å². The van der Waals surface area contributed by atoms with Gasteiger partial charge in [-0.1, -0.05) is 0 Å². The highest BCUT2D eigenvalue weighted by atomic mass is 32.2. The van der Waals surface area contributed by atoms with Gasteiger partial charge in [0.1, 0.15) is 17.4 Å². The molecule has 1 aliphatic carbocycles. The summed E-state index contributed by atoms with van der Waals surface area (Å²) < 4.78 is 38.1. The molecule has 3 rings (SSSR count). The van der Waals surface area contributed by atoms with Gasteiger partial charge in [-0.25, -0.2) is 13.1 Å². The number of nitrogens with zero attached hydrogens (tertiary/aromatic N) is 2. The predicted molar refractivity (Wildman–Crippen MR) is 126 cm³/mol. The highest BCUT2D eigenvalue weighted by Crippen LogP contribution is 2.25. The highest BCUT2D eigenvalue weighted by Gasteiger charge is 2.39. The van der Waals surface area contributed by atoms with Gasteiger partial charge in [-0.15, -0.1) is 0 Å². The van der Waals surface area contributed by atoms with Gasteiger partial charge in [0.15, 0.2) is 11.6 Å². The molecule has 0 amide bonds. The van der Waals surface area contributed by atoms with Crippen LogP contribution < -0.4 is 10.1 Å². The minimum absolute atomic E-state index is 0.0526.